The average molecular weight is 311 g/mol. The van der Waals surface area contributed by atoms with E-state index in [2.05, 4.69) is 15.5 Å². The molecule has 2 saturated heterocycles. The number of fused-ring (bicyclic) bond motifs is 1. The molecular formula is C17H33N3O2. The van der Waals surface area contributed by atoms with Crippen LogP contribution in [0.1, 0.15) is 53.4 Å². The first-order chi connectivity index (χ1) is 10.3. The summed E-state index contributed by atoms with van der Waals surface area (Å²) in [5, 5.41) is 16.3. The third-order valence-corrected chi connectivity index (χ3v) is 5.31. The molecule has 0 saturated carbocycles. The Morgan fingerprint density at radius 2 is 2.00 bits per heavy atom. The standard InChI is InChI=1S/C17H33N3O2/c1-12(2)15(21)17(3,4)11-18-16(22)19-13-8-10-20-9-6-5-7-14(13)20/h12-15,21H,5-11H2,1-4H3,(H2,18,19,22). The van der Waals surface area contributed by atoms with Crippen LogP contribution in [0.5, 0.6) is 0 Å². The van der Waals surface area contributed by atoms with Gasteiger partial charge in [0.2, 0.25) is 0 Å². The van der Waals surface area contributed by atoms with E-state index in [1.165, 1.54) is 25.8 Å². The van der Waals surface area contributed by atoms with E-state index in [-0.39, 0.29) is 23.4 Å². The maximum atomic E-state index is 12.2. The fourth-order valence-corrected chi connectivity index (χ4v) is 3.95. The van der Waals surface area contributed by atoms with Crippen molar-refractivity contribution in [2.24, 2.45) is 11.3 Å². The van der Waals surface area contributed by atoms with Gasteiger partial charge in [0, 0.05) is 30.6 Å². The lowest BCUT2D eigenvalue weighted by molar-refractivity contribution is 0.0151. The van der Waals surface area contributed by atoms with Crippen molar-refractivity contribution in [1.29, 1.82) is 0 Å². The molecule has 2 rings (SSSR count). The summed E-state index contributed by atoms with van der Waals surface area (Å²) in [5.74, 6) is 0.186. The first-order valence-corrected chi connectivity index (χ1v) is 8.78. The molecule has 0 aliphatic carbocycles. The Morgan fingerprint density at radius 3 is 2.68 bits per heavy atom. The number of hydrogen-bond donors (Lipinski definition) is 3. The third kappa shape index (κ3) is 4.13. The topological polar surface area (TPSA) is 64.6 Å². The lowest BCUT2D eigenvalue weighted by Gasteiger charge is -2.34. The van der Waals surface area contributed by atoms with Crippen LogP contribution < -0.4 is 10.6 Å². The first kappa shape index (κ1) is 17.5. The van der Waals surface area contributed by atoms with E-state index in [4.69, 9.17) is 0 Å². The number of nitrogens with zero attached hydrogens (tertiary/aromatic N) is 1. The summed E-state index contributed by atoms with van der Waals surface area (Å²) in [4.78, 5) is 14.7. The summed E-state index contributed by atoms with van der Waals surface area (Å²) in [6.07, 6.45) is 4.39. The lowest BCUT2D eigenvalue weighted by atomic mass is 9.81. The maximum Gasteiger partial charge on any atom is 0.315 e. The van der Waals surface area contributed by atoms with Gasteiger partial charge in [0.1, 0.15) is 0 Å². The number of amides is 2. The van der Waals surface area contributed by atoms with Crippen molar-refractivity contribution in [1.82, 2.24) is 15.5 Å². The van der Waals surface area contributed by atoms with Crippen LogP contribution in [0.15, 0.2) is 0 Å². The smallest absolute Gasteiger partial charge is 0.315 e. The van der Waals surface area contributed by atoms with Crippen molar-refractivity contribution in [3.8, 4) is 0 Å². The van der Waals surface area contributed by atoms with Crippen LogP contribution in [0.4, 0.5) is 4.79 Å². The number of aliphatic hydroxyl groups is 1. The van der Waals surface area contributed by atoms with Crippen molar-refractivity contribution in [2.45, 2.75) is 71.6 Å². The summed E-state index contributed by atoms with van der Waals surface area (Å²) >= 11 is 0. The molecule has 0 spiro atoms. The van der Waals surface area contributed by atoms with Gasteiger partial charge in [-0.2, -0.15) is 0 Å². The van der Waals surface area contributed by atoms with E-state index in [1.807, 2.05) is 27.7 Å². The van der Waals surface area contributed by atoms with Crippen molar-refractivity contribution in [3.63, 3.8) is 0 Å². The highest BCUT2D eigenvalue weighted by atomic mass is 16.3. The number of urea groups is 1. The molecule has 128 valence electrons. The Morgan fingerprint density at radius 1 is 1.27 bits per heavy atom. The average Bonchev–Trinajstić information content (AvgIpc) is 2.88. The lowest BCUT2D eigenvalue weighted by Crippen LogP contribution is -2.52. The van der Waals surface area contributed by atoms with Gasteiger partial charge in [0.25, 0.3) is 0 Å². The Hall–Kier alpha value is -0.810. The first-order valence-electron chi connectivity index (χ1n) is 8.78. The van der Waals surface area contributed by atoms with Gasteiger partial charge in [0.15, 0.2) is 0 Å². The minimum atomic E-state index is -0.423. The molecule has 5 heteroatoms. The van der Waals surface area contributed by atoms with E-state index < -0.39 is 6.10 Å². The molecule has 2 amide bonds. The van der Waals surface area contributed by atoms with Crippen LogP contribution >= 0.6 is 0 Å². The van der Waals surface area contributed by atoms with Gasteiger partial charge in [0.05, 0.1) is 6.10 Å². The second-order valence-corrected chi connectivity index (χ2v) is 8.00. The summed E-state index contributed by atoms with van der Waals surface area (Å²) < 4.78 is 0. The number of carbonyl (C=O) groups is 1. The normalized spacial score (nSPS) is 27.5. The molecule has 3 unspecified atom stereocenters. The van der Waals surface area contributed by atoms with Crippen LogP contribution in [0, 0.1) is 11.3 Å². The highest BCUT2D eigenvalue weighted by molar-refractivity contribution is 5.74. The minimum Gasteiger partial charge on any atom is -0.392 e. The highest BCUT2D eigenvalue weighted by Gasteiger charge is 2.36. The molecule has 3 N–H and O–H groups in total. The van der Waals surface area contributed by atoms with Gasteiger partial charge in [-0.05, 0) is 31.7 Å². The number of hydrogen-bond acceptors (Lipinski definition) is 3. The Bertz CT molecular complexity index is 384. The number of rotatable bonds is 5. The molecule has 22 heavy (non-hydrogen) atoms. The molecule has 2 aliphatic heterocycles. The van der Waals surface area contributed by atoms with E-state index in [0.29, 0.717) is 12.6 Å². The van der Waals surface area contributed by atoms with Crippen molar-refractivity contribution in [3.05, 3.63) is 0 Å². The molecule has 0 aromatic carbocycles. The van der Waals surface area contributed by atoms with Crippen LogP contribution in [0.3, 0.4) is 0 Å². The van der Waals surface area contributed by atoms with Gasteiger partial charge in [-0.1, -0.05) is 34.1 Å². The van der Waals surface area contributed by atoms with E-state index in [0.717, 1.165) is 13.0 Å². The predicted molar refractivity (Wildman–Crippen MR) is 88.8 cm³/mol. The third-order valence-electron chi connectivity index (χ3n) is 5.31. The second-order valence-electron chi connectivity index (χ2n) is 8.00. The quantitative estimate of drug-likeness (QED) is 0.727. The largest absolute Gasteiger partial charge is 0.392 e. The molecule has 2 heterocycles. The fourth-order valence-electron chi connectivity index (χ4n) is 3.95. The summed E-state index contributed by atoms with van der Waals surface area (Å²) in [6, 6.07) is 0.702. The maximum absolute atomic E-state index is 12.2. The molecule has 0 aromatic heterocycles. The van der Waals surface area contributed by atoms with Gasteiger partial charge in [-0.3, -0.25) is 4.90 Å². The minimum absolute atomic E-state index is 0.0959. The summed E-state index contributed by atoms with van der Waals surface area (Å²) in [5.41, 5.74) is -0.321. The predicted octanol–water partition coefficient (Wildman–Crippen LogP) is 1.96. The Kier molecular flexibility index (Phi) is 5.72. The molecule has 0 bridgehead atoms. The van der Waals surface area contributed by atoms with Crippen molar-refractivity contribution in [2.75, 3.05) is 19.6 Å². The van der Waals surface area contributed by atoms with Crippen LogP contribution in [0.25, 0.3) is 0 Å². The monoisotopic (exact) mass is 311 g/mol. The van der Waals surface area contributed by atoms with Crippen molar-refractivity contribution < 1.29 is 9.90 Å². The summed E-state index contributed by atoms with van der Waals surface area (Å²) in [7, 11) is 0. The van der Waals surface area contributed by atoms with E-state index in [1.54, 1.807) is 0 Å². The SMILES string of the molecule is CC(C)C(O)C(C)(C)CNC(=O)NC1CCN2CCCCC12. The molecule has 3 atom stereocenters. The van der Waals surface area contributed by atoms with Gasteiger partial charge < -0.3 is 15.7 Å². The van der Waals surface area contributed by atoms with E-state index >= 15 is 0 Å². The number of nitrogens with one attached hydrogen (secondary N) is 2. The molecule has 2 aliphatic rings. The van der Waals surface area contributed by atoms with E-state index in [9.17, 15) is 9.90 Å². The zero-order valence-electron chi connectivity index (χ0n) is 14.6. The zero-order chi connectivity index (χ0) is 16.3. The van der Waals surface area contributed by atoms with Crippen molar-refractivity contribution >= 4 is 6.03 Å². The van der Waals surface area contributed by atoms with Gasteiger partial charge in [-0.15, -0.1) is 0 Å². The van der Waals surface area contributed by atoms with Crippen LogP contribution in [-0.2, 0) is 0 Å². The molecule has 0 radical (unpaired) electrons. The van der Waals surface area contributed by atoms with Crippen LogP contribution in [-0.4, -0.2) is 53.9 Å². The molecule has 2 fully saturated rings. The highest BCUT2D eigenvalue weighted by Crippen LogP contribution is 2.27. The molecular weight excluding hydrogens is 278 g/mol. The van der Waals surface area contributed by atoms with Crippen LogP contribution in [0.2, 0.25) is 0 Å². The van der Waals surface area contributed by atoms with Gasteiger partial charge in [-0.25, -0.2) is 4.79 Å². The summed E-state index contributed by atoms with van der Waals surface area (Å²) in [6.45, 7) is 10.8. The molecule has 0 aromatic rings. The fraction of sp³-hybridized carbons (Fsp3) is 0.941. The molecule has 5 nitrogen and oxygen atoms in total. The van der Waals surface area contributed by atoms with Gasteiger partial charge >= 0.3 is 6.03 Å². The Labute approximate surface area is 134 Å². The second kappa shape index (κ2) is 7.18. The zero-order valence-corrected chi connectivity index (χ0v) is 14.6. The number of piperidine rings is 1. The Balaban J connectivity index is 1.78. The number of aliphatic hydroxyl groups excluding tert-OH is 1. The number of carbonyl (C=O) groups excluding carboxylic acids is 1.